The van der Waals surface area contributed by atoms with E-state index in [2.05, 4.69) is 0 Å². The fourth-order valence-electron chi connectivity index (χ4n) is 3.39. The van der Waals surface area contributed by atoms with Crippen LogP contribution in [-0.2, 0) is 14.8 Å². The zero-order chi connectivity index (χ0) is 14.6. The molecule has 2 aliphatic rings. The van der Waals surface area contributed by atoms with E-state index in [9.17, 15) is 8.42 Å². The quantitative estimate of drug-likeness (QED) is 0.828. The SMILES string of the molecule is CS(=O)(=O)N1CCCC(COC2CCCCC2CN)C1. The lowest BCUT2D eigenvalue weighted by molar-refractivity contribution is -0.0309. The Morgan fingerprint density at radius 1 is 1.20 bits per heavy atom. The number of sulfonamides is 1. The number of hydrogen-bond donors (Lipinski definition) is 1. The average Bonchev–Trinajstić information content (AvgIpc) is 2.45. The van der Waals surface area contributed by atoms with E-state index in [4.69, 9.17) is 10.5 Å². The van der Waals surface area contributed by atoms with Crippen molar-refractivity contribution in [3.63, 3.8) is 0 Å². The minimum Gasteiger partial charge on any atom is -0.378 e. The fourth-order valence-corrected chi connectivity index (χ4v) is 4.33. The third kappa shape index (κ3) is 4.41. The molecule has 2 fully saturated rings. The molecule has 2 rings (SSSR count). The van der Waals surface area contributed by atoms with Crippen LogP contribution in [0.25, 0.3) is 0 Å². The third-order valence-electron chi connectivity index (χ3n) is 4.64. The van der Waals surface area contributed by atoms with E-state index < -0.39 is 10.0 Å². The minimum atomic E-state index is -3.06. The number of nitrogens with two attached hydrogens (primary N) is 1. The van der Waals surface area contributed by atoms with Crippen molar-refractivity contribution < 1.29 is 13.2 Å². The number of piperidine rings is 1. The summed E-state index contributed by atoms with van der Waals surface area (Å²) in [5, 5.41) is 0. The van der Waals surface area contributed by atoms with Crippen molar-refractivity contribution in [3.8, 4) is 0 Å². The summed E-state index contributed by atoms with van der Waals surface area (Å²) in [7, 11) is -3.06. The first kappa shape index (κ1) is 16.2. The highest BCUT2D eigenvalue weighted by atomic mass is 32.2. The lowest BCUT2D eigenvalue weighted by atomic mass is 9.86. The van der Waals surface area contributed by atoms with Gasteiger partial charge in [0, 0.05) is 13.1 Å². The number of ether oxygens (including phenoxy) is 1. The van der Waals surface area contributed by atoms with Crippen LogP contribution in [0.1, 0.15) is 38.5 Å². The molecule has 3 atom stereocenters. The molecule has 0 spiro atoms. The first-order valence-electron chi connectivity index (χ1n) is 7.77. The molecule has 6 heteroatoms. The largest absolute Gasteiger partial charge is 0.378 e. The van der Waals surface area contributed by atoms with Crippen molar-refractivity contribution in [1.82, 2.24) is 4.31 Å². The highest BCUT2D eigenvalue weighted by Crippen LogP contribution is 2.27. The van der Waals surface area contributed by atoms with Gasteiger partial charge in [0.15, 0.2) is 0 Å². The minimum absolute atomic E-state index is 0.280. The first-order valence-corrected chi connectivity index (χ1v) is 9.62. The molecule has 0 radical (unpaired) electrons. The first-order chi connectivity index (χ1) is 9.50. The van der Waals surface area contributed by atoms with Gasteiger partial charge < -0.3 is 10.5 Å². The predicted octanol–water partition coefficient (Wildman–Crippen LogP) is 1.19. The molecule has 0 aromatic rings. The van der Waals surface area contributed by atoms with Gasteiger partial charge in [-0.3, -0.25) is 0 Å². The molecule has 0 aromatic carbocycles. The summed E-state index contributed by atoms with van der Waals surface area (Å²) in [5.74, 6) is 0.817. The highest BCUT2D eigenvalue weighted by Gasteiger charge is 2.29. The maximum Gasteiger partial charge on any atom is 0.211 e. The van der Waals surface area contributed by atoms with E-state index in [1.807, 2.05) is 0 Å². The number of rotatable bonds is 5. The van der Waals surface area contributed by atoms with Gasteiger partial charge in [0.25, 0.3) is 0 Å². The Balaban J connectivity index is 1.81. The Morgan fingerprint density at radius 3 is 2.65 bits per heavy atom. The third-order valence-corrected chi connectivity index (χ3v) is 5.91. The van der Waals surface area contributed by atoms with Gasteiger partial charge >= 0.3 is 0 Å². The second-order valence-corrected chi connectivity index (χ2v) is 8.26. The van der Waals surface area contributed by atoms with Crippen LogP contribution in [0.2, 0.25) is 0 Å². The van der Waals surface area contributed by atoms with Gasteiger partial charge in [0.2, 0.25) is 10.0 Å². The second-order valence-electron chi connectivity index (χ2n) is 6.28. The molecule has 5 nitrogen and oxygen atoms in total. The molecule has 118 valence electrons. The highest BCUT2D eigenvalue weighted by molar-refractivity contribution is 7.88. The summed E-state index contributed by atoms with van der Waals surface area (Å²) in [5.41, 5.74) is 5.81. The van der Waals surface area contributed by atoms with Gasteiger partial charge in [-0.2, -0.15) is 0 Å². The van der Waals surface area contributed by atoms with Crippen LogP contribution in [0.4, 0.5) is 0 Å². The van der Waals surface area contributed by atoms with Crippen LogP contribution in [0.5, 0.6) is 0 Å². The summed E-state index contributed by atoms with van der Waals surface area (Å²) in [6.07, 6.45) is 8.32. The van der Waals surface area contributed by atoms with Crippen LogP contribution in [0.3, 0.4) is 0 Å². The zero-order valence-corrected chi connectivity index (χ0v) is 13.3. The predicted molar refractivity (Wildman–Crippen MR) is 79.9 cm³/mol. The molecule has 2 N–H and O–H groups in total. The van der Waals surface area contributed by atoms with Crippen molar-refractivity contribution in [2.75, 3.05) is 32.5 Å². The van der Waals surface area contributed by atoms with Gasteiger partial charge in [0.05, 0.1) is 19.0 Å². The lowest BCUT2D eigenvalue weighted by Gasteiger charge is -2.34. The Morgan fingerprint density at radius 2 is 1.95 bits per heavy atom. The van der Waals surface area contributed by atoms with E-state index in [0.29, 0.717) is 38.1 Å². The molecular formula is C14H28N2O3S. The topological polar surface area (TPSA) is 72.6 Å². The molecule has 3 unspecified atom stereocenters. The molecular weight excluding hydrogens is 276 g/mol. The molecule has 1 saturated carbocycles. The fraction of sp³-hybridized carbons (Fsp3) is 1.00. The van der Waals surface area contributed by atoms with E-state index in [1.165, 1.54) is 25.5 Å². The molecule has 1 heterocycles. The van der Waals surface area contributed by atoms with E-state index in [0.717, 1.165) is 19.3 Å². The Bertz CT molecular complexity index is 399. The Kier molecular flexibility index (Phi) is 5.84. The van der Waals surface area contributed by atoms with Crippen LogP contribution >= 0.6 is 0 Å². The summed E-state index contributed by atoms with van der Waals surface area (Å²) >= 11 is 0. The van der Waals surface area contributed by atoms with Crippen LogP contribution in [0, 0.1) is 11.8 Å². The second kappa shape index (κ2) is 7.20. The Hall–Kier alpha value is -0.170. The van der Waals surface area contributed by atoms with Crippen molar-refractivity contribution >= 4 is 10.0 Å². The zero-order valence-electron chi connectivity index (χ0n) is 12.5. The van der Waals surface area contributed by atoms with Crippen molar-refractivity contribution in [3.05, 3.63) is 0 Å². The van der Waals surface area contributed by atoms with Crippen LogP contribution < -0.4 is 5.73 Å². The summed E-state index contributed by atoms with van der Waals surface area (Å²) < 4.78 is 30.9. The van der Waals surface area contributed by atoms with Gasteiger partial charge in [-0.05, 0) is 44.1 Å². The van der Waals surface area contributed by atoms with Crippen molar-refractivity contribution in [2.24, 2.45) is 17.6 Å². The summed E-state index contributed by atoms with van der Waals surface area (Å²) in [6, 6.07) is 0. The average molecular weight is 304 g/mol. The molecule has 0 amide bonds. The van der Waals surface area contributed by atoms with E-state index in [1.54, 1.807) is 4.31 Å². The van der Waals surface area contributed by atoms with Crippen LogP contribution in [0.15, 0.2) is 0 Å². The normalized spacial score (nSPS) is 33.2. The van der Waals surface area contributed by atoms with Gasteiger partial charge in [-0.25, -0.2) is 12.7 Å². The Labute approximate surface area is 122 Å². The number of nitrogens with zero attached hydrogens (tertiary/aromatic N) is 1. The monoisotopic (exact) mass is 304 g/mol. The smallest absolute Gasteiger partial charge is 0.211 e. The molecule has 20 heavy (non-hydrogen) atoms. The van der Waals surface area contributed by atoms with Gasteiger partial charge in [-0.15, -0.1) is 0 Å². The molecule has 1 aliphatic carbocycles. The summed E-state index contributed by atoms with van der Waals surface area (Å²) in [4.78, 5) is 0. The number of hydrogen-bond acceptors (Lipinski definition) is 4. The molecule has 0 bridgehead atoms. The molecule has 1 aliphatic heterocycles. The van der Waals surface area contributed by atoms with E-state index in [-0.39, 0.29) is 6.10 Å². The molecule has 0 aromatic heterocycles. The standard InChI is InChI=1S/C14H28N2O3S/c1-20(17,18)16-8-4-5-12(10-16)11-19-14-7-3-2-6-13(14)9-15/h12-14H,2-11,15H2,1H3. The van der Waals surface area contributed by atoms with E-state index >= 15 is 0 Å². The maximum atomic E-state index is 11.6. The lowest BCUT2D eigenvalue weighted by Crippen LogP contribution is -2.42. The van der Waals surface area contributed by atoms with Crippen LogP contribution in [-0.4, -0.2) is 51.3 Å². The van der Waals surface area contributed by atoms with Gasteiger partial charge in [0.1, 0.15) is 0 Å². The van der Waals surface area contributed by atoms with Crippen molar-refractivity contribution in [2.45, 2.75) is 44.6 Å². The van der Waals surface area contributed by atoms with Gasteiger partial charge in [-0.1, -0.05) is 12.8 Å². The maximum absolute atomic E-state index is 11.6. The van der Waals surface area contributed by atoms with Crippen molar-refractivity contribution in [1.29, 1.82) is 0 Å². The summed E-state index contributed by atoms with van der Waals surface area (Å²) in [6.45, 7) is 2.64. The molecule has 1 saturated heterocycles.